The first-order valence-electron chi connectivity index (χ1n) is 22.5. The van der Waals surface area contributed by atoms with Gasteiger partial charge in [-0.1, -0.05) is 0 Å². The fourth-order valence-electron chi connectivity index (χ4n) is 9.35. The van der Waals surface area contributed by atoms with Crippen molar-refractivity contribution in [1.82, 2.24) is 15.0 Å². The van der Waals surface area contributed by atoms with Gasteiger partial charge in [-0.25, -0.2) is 4.98 Å². The van der Waals surface area contributed by atoms with E-state index < -0.39 is 0 Å². The van der Waals surface area contributed by atoms with Crippen LogP contribution in [-0.4, -0.2) is 106 Å². The second kappa shape index (κ2) is 20.2. The Hall–Kier alpha value is -8.92. The Kier molecular flexibility index (Phi) is 13.5. The van der Waals surface area contributed by atoms with Gasteiger partial charge in [-0.05, 0) is 113 Å². The molecule has 0 unspecified atom stereocenters. The van der Waals surface area contributed by atoms with E-state index in [1.54, 1.807) is 85.3 Å². The number of rotatable bonds is 16. The number of methoxy groups -OCH3 is 12. The highest BCUT2D eigenvalue weighted by molar-refractivity contribution is 6.06. The first-order chi connectivity index (χ1) is 35.1. The summed E-state index contributed by atoms with van der Waals surface area (Å²) in [5.41, 5.74) is 11.5. The molecular formula is C56H54N4O12. The summed E-state index contributed by atoms with van der Waals surface area (Å²) < 4.78 is 70.3. The van der Waals surface area contributed by atoms with Gasteiger partial charge >= 0.3 is 0 Å². The Morgan fingerprint density at radius 3 is 0.903 bits per heavy atom. The van der Waals surface area contributed by atoms with E-state index in [0.717, 1.165) is 61.1 Å². The van der Waals surface area contributed by atoms with Gasteiger partial charge in [0.15, 0.2) is 46.0 Å². The van der Waals surface area contributed by atoms with Crippen molar-refractivity contribution in [1.29, 1.82) is 0 Å². The number of ether oxygens (including phenoxy) is 12. The molecule has 370 valence electrons. The molecule has 0 saturated heterocycles. The minimum Gasteiger partial charge on any atom is -0.493 e. The van der Waals surface area contributed by atoms with Crippen molar-refractivity contribution in [2.24, 2.45) is 4.99 Å². The van der Waals surface area contributed by atoms with Crippen molar-refractivity contribution in [2.45, 2.75) is 0 Å². The summed E-state index contributed by atoms with van der Waals surface area (Å²) in [7, 11) is 19.0. The van der Waals surface area contributed by atoms with E-state index in [9.17, 15) is 0 Å². The predicted octanol–water partition coefficient (Wildman–Crippen LogP) is 11.6. The van der Waals surface area contributed by atoms with Crippen molar-refractivity contribution in [2.75, 3.05) is 85.3 Å². The molecule has 16 nitrogen and oxygen atoms in total. The van der Waals surface area contributed by atoms with Crippen molar-refractivity contribution >= 4 is 46.1 Å². The maximum absolute atomic E-state index is 5.91. The van der Waals surface area contributed by atoms with Crippen molar-refractivity contribution in [3.8, 4) is 114 Å². The van der Waals surface area contributed by atoms with Gasteiger partial charge in [0.25, 0.3) is 0 Å². The molecule has 2 aliphatic rings. The first kappa shape index (κ1) is 48.1. The van der Waals surface area contributed by atoms with Gasteiger partial charge in [0, 0.05) is 56.1 Å². The van der Waals surface area contributed by atoms with Crippen molar-refractivity contribution < 1.29 is 56.8 Å². The maximum Gasteiger partial charge on any atom is 0.203 e. The fraction of sp³-hybridized carbons (Fsp3) is 0.214. The van der Waals surface area contributed by atoms with Crippen LogP contribution in [0.1, 0.15) is 17.0 Å². The van der Waals surface area contributed by atoms with Crippen LogP contribution in [0.15, 0.2) is 83.9 Å². The minimum absolute atomic E-state index is 0.445. The topological polar surface area (TPSA) is 168 Å². The van der Waals surface area contributed by atoms with Crippen molar-refractivity contribution in [3.63, 3.8) is 0 Å². The molecule has 5 heterocycles. The van der Waals surface area contributed by atoms with Crippen LogP contribution in [0.5, 0.6) is 69.0 Å². The monoisotopic (exact) mass is 974 g/mol. The maximum atomic E-state index is 5.91. The summed E-state index contributed by atoms with van der Waals surface area (Å²) >= 11 is 0. The van der Waals surface area contributed by atoms with E-state index in [2.05, 4.69) is 9.97 Å². The zero-order valence-electron chi connectivity index (χ0n) is 42.0. The summed E-state index contributed by atoms with van der Waals surface area (Å²) in [6.45, 7) is 0. The molecule has 0 saturated carbocycles. The highest BCUT2D eigenvalue weighted by Crippen LogP contribution is 2.49. The standard InChI is InChI=1S/C56H54N4O12/c1-61-41-20-29(21-42(62-2)53(41)69-9)49-33-19-40(57-28-33)52(32-26-47(67-7)56(72-12)48(27-32)68-8)39-18-17-38(60-39)51(31-24-45(65-5)55(71-11)46(25-31)66-6)37-16-15-36(59-37)50(35-14-13-34(49)58-35)30-22-43(63-3)54(70-10)44(23-30)64-4/h13-28,58,60H,1-12H3. The second-order valence-corrected chi connectivity index (χ2v) is 16.2. The molecule has 0 fully saturated rings. The zero-order valence-corrected chi connectivity index (χ0v) is 42.0. The Labute approximate surface area is 416 Å². The van der Waals surface area contributed by atoms with Gasteiger partial charge < -0.3 is 66.8 Å². The lowest BCUT2D eigenvalue weighted by atomic mass is 9.99. The number of H-pyrrole nitrogens is 2. The van der Waals surface area contributed by atoms with Gasteiger partial charge in [0.2, 0.25) is 23.0 Å². The molecule has 3 aromatic heterocycles. The molecule has 7 aromatic rings. The van der Waals surface area contributed by atoms with Gasteiger partial charge in [0.05, 0.1) is 102 Å². The third-order valence-corrected chi connectivity index (χ3v) is 12.6. The Balaban J connectivity index is 1.52. The number of aromatic nitrogens is 3. The van der Waals surface area contributed by atoms with Gasteiger partial charge in [0.1, 0.15) is 0 Å². The molecule has 0 aliphatic carbocycles. The van der Waals surface area contributed by atoms with E-state index in [-0.39, 0.29) is 0 Å². The molecule has 72 heavy (non-hydrogen) atoms. The van der Waals surface area contributed by atoms with Crippen LogP contribution < -0.4 is 56.8 Å². The normalized spacial score (nSPS) is 11.5. The highest BCUT2D eigenvalue weighted by atomic mass is 16.5. The summed E-state index contributed by atoms with van der Waals surface area (Å²) in [5.74, 6) is 5.51. The number of nitrogens with one attached hydrogen (secondary N) is 2. The number of hydrogen-bond acceptors (Lipinski definition) is 14. The molecule has 2 aliphatic heterocycles. The summed E-state index contributed by atoms with van der Waals surface area (Å²) in [6.07, 6.45) is 5.81. The summed E-state index contributed by atoms with van der Waals surface area (Å²) in [5, 5.41) is 0. The molecule has 0 amide bonds. The number of fused-ring (bicyclic) bond motifs is 8. The molecule has 0 radical (unpaired) electrons. The van der Waals surface area contributed by atoms with Crippen LogP contribution in [0, 0.1) is 0 Å². The highest BCUT2D eigenvalue weighted by Gasteiger charge is 2.25. The van der Waals surface area contributed by atoms with E-state index >= 15 is 0 Å². The Morgan fingerprint density at radius 1 is 0.319 bits per heavy atom. The number of nitrogens with zero attached hydrogens (tertiary/aromatic N) is 2. The number of hydrogen-bond donors (Lipinski definition) is 2. The average Bonchev–Trinajstić information content (AvgIpc) is 4.28. The smallest absolute Gasteiger partial charge is 0.203 e. The van der Waals surface area contributed by atoms with Crippen LogP contribution in [-0.2, 0) is 0 Å². The Morgan fingerprint density at radius 2 is 0.597 bits per heavy atom. The largest absolute Gasteiger partial charge is 0.493 e. The van der Waals surface area contributed by atoms with E-state index in [1.807, 2.05) is 97.2 Å². The molecule has 4 aromatic carbocycles. The summed E-state index contributed by atoms with van der Waals surface area (Å²) in [4.78, 5) is 18.2. The molecule has 16 heteroatoms. The van der Waals surface area contributed by atoms with E-state index in [4.69, 9.17) is 66.8 Å². The zero-order chi connectivity index (χ0) is 50.8. The van der Waals surface area contributed by atoms with E-state index in [1.165, 1.54) is 0 Å². The van der Waals surface area contributed by atoms with Crippen LogP contribution in [0.25, 0.3) is 78.7 Å². The molecule has 8 bridgehead atoms. The van der Waals surface area contributed by atoms with Crippen LogP contribution >= 0.6 is 0 Å². The predicted molar refractivity (Wildman–Crippen MR) is 280 cm³/mol. The quantitative estimate of drug-likeness (QED) is 0.0939. The second-order valence-electron chi connectivity index (χ2n) is 16.2. The van der Waals surface area contributed by atoms with Crippen LogP contribution in [0.4, 0.5) is 5.69 Å². The minimum atomic E-state index is 0.445. The number of aromatic amines is 2. The first-order valence-corrected chi connectivity index (χ1v) is 22.5. The summed E-state index contributed by atoms with van der Waals surface area (Å²) in [6, 6.07) is 25.4. The molecule has 0 atom stereocenters. The molecule has 9 rings (SSSR count). The molecule has 0 spiro atoms. The van der Waals surface area contributed by atoms with Crippen LogP contribution in [0.2, 0.25) is 0 Å². The van der Waals surface area contributed by atoms with Gasteiger partial charge in [-0.15, -0.1) is 0 Å². The van der Waals surface area contributed by atoms with E-state index in [0.29, 0.717) is 97.1 Å². The lowest BCUT2D eigenvalue weighted by molar-refractivity contribution is 0.324. The molecule has 2 N–H and O–H groups in total. The van der Waals surface area contributed by atoms with Crippen LogP contribution in [0.3, 0.4) is 0 Å². The van der Waals surface area contributed by atoms with Crippen molar-refractivity contribution in [3.05, 3.63) is 95.8 Å². The lowest BCUT2D eigenvalue weighted by Gasteiger charge is -2.15. The average molecular weight is 975 g/mol. The third-order valence-electron chi connectivity index (χ3n) is 12.6. The van der Waals surface area contributed by atoms with Gasteiger partial charge in [-0.2, -0.15) is 0 Å². The lowest BCUT2D eigenvalue weighted by Crippen LogP contribution is -1.97. The number of aliphatic imine (C=N–C) groups is 1. The Bertz CT molecular complexity index is 2940. The SMILES string of the molecule is COc1cc(-c2c3cc(c(-c4cc(OC)c(OC)c(OC)c4)c4ccc([nH]4)c(-c4cc(OC)c(OC)c(OC)c4)c4nc(c(-c5cc(OC)c(OC)c(OC)c5)c5ccc2[nH]5)C=C4)N=C3)cc(OC)c1OC. The third kappa shape index (κ3) is 8.29. The fourth-order valence-corrected chi connectivity index (χ4v) is 9.35. The number of benzene rings is 4. The van der Waals surface area contributed by atoms with Gasteiger partial charge in [-0.3, -0.25) is 4.99 Å². The molecular weight excluding hydrogens is 921 g/mol.